The molecule has 0 spiro atoms. The quantitative estimate of drug-likeness (QED) is 0.150. The van der Waals surface area contributed by atoms with Gasteiger partial charge in [0.25, 0.3) is 0 Å². The number of rotatable bonds is 8. The molecule has 2 aliphatic rings. The summed E-state index contributed by atoms with van der Waals surface area (Å²) in [5.74, 6) is 2.41. The Morgan fingerprint density at radius 1 is 0.621 bits per heavy atom. The first-order valence-corrected chi connectivity index (χ1v) is 26.0. The van der Waals surface area contributed by atoms with Gasteiger partial charge in [-0.15, -0.1) is 34.4 Å². The largest absolute Gasteiger partial charge is 0.355 e. The fourth-order valence-electron chi connectivity index (χ4n) is 7.26. The van der Waals surface area contributed by atoms with Gasteiger partial charge >= 0.3 is 0 Å². The lowest BCUT2D eigenvalue weighted by Crippen LogP contribution is -2.32. The molecule has 4 aromatic carbocycles. The van der Waals surface area contributed by atoms with Crippen LogP contribution in [-0.4, -0.2) is 70.3 Å². The maximum Gasteiger partial charge on any atom is 0.181 e. The van der Waals surface area contributed by atoms with E-state index < -0.39 is 24.9 Å². The highest BCUT2D eigenvalue weighted by Gasteiger charge is 2.34. The van der Waals surface area contributed by atoms with Crippen LogP contribution in [0, 0.1) is 0 Å². The van der Waals surface area contributed by atoms with Crippen molar-refractivity contribution in [3.05, 3.63) is 108 Å². The van der Waals surface area contributed by atoms with Gasteiger partial charge in [-0.2, -0.15) is 11.8 Å². The number of thioether (sulfide) groups is 2. The normalized spacial score (nSPS) is 16.3. The van der Waals surface area contributed by atoms with Crippen LogP contribution in [0.3, 0.4) is 0 Å². The van der Waals surface area contributed by atoms with Gasteiger partial charge in [0.2, 0.25) is 0 Å². The predicted octanol–water partition coefficient (Wildman–Crippen LogP) is 10.5. The van der Waals surface area contributed by atoms with Gasteiger partial charge in [0.15, 0.2) is 9.84 Å². The van der Waals surface area contributed by atoms with E-state index in [4.69, 9.17) is 0 Å². The molecule has 16 heteroatoms. The fraction of sp³-hybridized carbons (Fsp3) is 0.238. The number of nitrogens with one attached hydrogen (secondary N) is 2. The zero-order chi connectivity index (χ0) is 39.7. The van der Waals surface area contributed by atoms with Crippen molar-refractivity contribution in [2.75, 3.05) is 33.6 Å². The van der Waals surface area contributed by atoms with E-state index in [1.807, 2.05) is 41.7 Å². The summed E-state index contributed by atoms with van der Waals surface area (Å²) in [6.07, 6.45) is 6.42. The van der Waals surface area contributed by atoms with E-state index >= 15 is 0 Å². The van der Waals surface area contributed by atoms with E-state index in [0.717, 1.165) is 49.2 Å². The zero-order valence-corrected chi connectivity index (χ0v) is 36.0. The molecule has 0 unspecified atom stereocenters. The molecule has 4 aromatic heterocycles. The number of hydrogen-bond donors (Lipinski definition) is 2. The van der Waals surface area contributed by atoms with Crippen molar-refractivity contribution in [1.29, 1.82) is 0 Å². The summed E-state index contributed by atoms with van der Waals surface area (Å²) in [6.45, 7) is 0. The van der Waals surface area contributed by atoms with Gasteiger partial charge in [-0.05, 0) is 122 Å². The van der Waals surface area contributed by atoms with Crippen molar-refractivity contribution in [1.82, 2.24) is 19.9 Å². The number of hydrogen-bond acceptors (Lipinski definition) is 14. The van der Waals surface area contributed by atoms with E-state index in [2.05, 4.69) is 84.8 Å². The van der Waals surface area contributed by atoms with Gasteiger partial charge < -0.3 is 10.6 Å². The van der Waals surface area contributed by atoms with Gasteiger partial charge in [-0.25, -0.2) is 26.8 Å². The Labute approximate surface area is 353 Å². The molecule has 2 saturated heterocycles. The Bertz CT molecular complexity index is 2990. The van der Waals surface area contributed by atoms with Gasteiger partial charge in [-0.3, -0.25) is 9.97 Å². The van der Waals surface area contributed by atoms with Crippen molar-refractivity contribution < 1.29 is 16.8 Å². The number of nitrogens with zero attached hydrogens (tertiary/aromatic N) is 4. The molecule has 10 rings (SSSR count). The Hall–Kier alpha value is -4.32. The standard InChI is InChI=1S/C21H19N3O4S3.C21H19N3S3/c25-30(26)9-6-15(7-10-30)31(27,28)16-2-3-18-17(12-16)19(5-8-22-18)24-14-1-4-21-20(11-14)23-13-29-21;1-4-21-20(23-13-26-21)11-14(1)24-19-5-8-22-18-3-2-16(12-17(18)19)27-15-6-9-25-10-7-15/h1-5,8,11-13,15H,6-7,9-10H2,(H,22,24);1-5,8,11-13,15H,6-7,9-10H2,(H,22,24). The topological polar surface area (TPSA) is 144 Å². The summed E-state index contributed by atoms with van der Waals surface area (Å²) >= 11 is 7.34. The predicted molar refractivity (Wildman–Crippen MR) is 244 cm³/mol. The second-order valence-corrected chi connectivity index (χ2v) is 23.1. The summed E-state index contributed by atoms with van der Waals surface area (Å²) < 4.78 is 52.1. The minimum absolute atomic E-state index is 0.0854. The van der Waals surface area contributed by atoms with Crippen molar-refractivity contribution in [2.45, 2.75) is 46.0 Å². The molecule has 58 heavy (non-hydrogen) atoms. The van der Waals surface area contributed by atoms with Crippen LogP contribution in [-0.2, 0) is 19.7 Å². The molecule has 0 radical (unpaired) electrons. The highest BCUT2D eigenvalue weighted by atomic mass is 32.2. The highest BCUT2D eigenvalue weighted by molar-refractivity contribution is 8.01. The fourth-order valence-corrected chi connectivity index (χ4v) is 14.7. The van der Waals surface area contributed by atoms with E-state index in [9.17, 15) is 16.8 Å². The van der Waals surface area contributed by atoms with Crippen LogP contribution in [0.2, 0.25) is 0 Å². The van der Waals surface area contributed by atoms with Gasteiger partial charge in [0.05, 0.1) is 64.1 Å². The summed E-state index contributed by atoms with van der Waals surface area (Å²) in [5, 5.41) is 8.83. The Morgan fingerprint density at radius 3 is 1.79 bits per heavy atom. The number of benzene rings is 4. The first-order valence-electron chi connectivity index (χ1n) is 18.8. The second kappa shape index (κ2) is 16.7. The second-order valence-electron chi connectivity index (χ2n) is 14.2. The van der Waals surface area contributed by atoms with Crippen LogP contribution >= 0.6 is 46.2 Å². The van der Waals surface area contributed by atoms with Gasteiger partial charge in [0.1, 0.15) is 9.84 Å². The third-order valence-corrected chi connectivity index (χ3v) is 18.4. The van der Waals surface area contributed by atoms with Crippen molar-refractivity contribution in [3.63, 3.8) is 0 Å². The molecule has 2 N–H and O–H groups in total. The number of pyridine rings is 2. The zero-order valence-electron chi connectivity index (χ0n) is 31.1. The molecular formula is C42H38N6O4S6. The molecule has 0 aliphatic carbocycles. The number of thiazole rings is 2. The third kappa shape index (κ3) is 8.68. The SMILES string of the molecule is O=S1(=O)CCC(S(=O)(=O)c2ccc3nccc(Nc4ccc5scnc5c4)c3c2)CC1.c1cc(Nc2ccc3scnc3c2)c2cc(SC3CCSCC3)ccc2n1. The van der Waals surface area contributed by atoms with Crippen molar-refractivity contribution in [3.8, 4) is 0 Å². The molecule has 0 saturated carbocycles. The van der Waals surface area contributed by atoms with Crippen LogP contribution in [0.5, 0.6) is 0 Å². The summed E-state index contributed by atoms with van der Waals surface area (Å²) in [6, 6.07) is 27.6. The lowest BCUT2D eigenvalue weighted by atomic mass is 10.2. The van der Waals surface area contributed by atoms with Crippen LogP contribution in [0.25, 0.3) is 42.2 Å². The van der Waals surface area contributed by atoms with Crippen LogP contribution in [0.1, 0.15) is 25.7 Å². The average Bonchev–Trinajstić information content (AvgIpc) is 3.91. The monoisotopic (exact) mass is 882 g/mol. The molecule has 0 bridgehead atoms. The van der Waals surface area contributed by atoms with E-state index in [1.165, 1.54) is 39.3 Å². The minimum atomic E-state index is -3.64. The Balaban J connectivity index is 0.000000152. The summed E-state index contributed by atoms with van der Waals surface area (Å²) in [5.41, 5.74) is 11.0. The molecule has 0 amide bonds. The Kier molecular flexibility index (Phi) is 11.3. The first-order chi connectivity index (χ1) is 28.2. The molecule has 296 valence electrons. The molecule has 8 aromatic rings. The van der Waals surface area contributed by atoms with Gasteiger partial charge in [0, 0.05) is 56.1 Å². The van der Waals surface area contributed by atoms with E-state index in [-0.39, 0.29) is 29.2 Å². The number of fused-ring (bicyclic) bond motifs is 4. The van der Waals surface area contributed by atoms with Crippen molar-refractivity contribution in [2.24, 2.45) is 0 Å². The smallest absolute Gasteiger partial charge is 0.181 e. The molecule has 10 nitrogen and oxygen atoms in total. The number of aromatic nitrogens is 4. The first kappa shape index (κ1) is 39.2. The van der Waals surface area contributed by atoms with E-state index in [0.29, 0.717) is 10.9 Å². The molecule has 2 aliphatic heterocycles. The maximum atomic E-state index is 13.2. The van der Waals surface area contributed by atoms with E-state index in [1.54, 1.807) is 58.6 Å². The average molecular weight is 883 g/mol. The van der Waals surface area contributed by atoms with Crippen LogP contribution < -0.4 is 10.6 Å². The van der Waals surface area contributed by atoms with Gasteiger partial charge in [-0.1, -0.05) is 0 Å². The lowest BCUT2D eigenvalue weighted by molar-refractivity contribution is 0.552. The highest BCUT2D eigenvalue weighted by Crippen LogP contribution is 2.37. The number of anilines is 4. The Morgan fingerprint density at radius 2 is 1.19 bits per heavy atom. The number of sulfone groups is 2. The van der Waals surface area contributed by atoms with Crippen LogP contribution in [0.15, 0.2) is 118 Å². The summed E-state index contributed by atoms with van der Waals surface area (Å²) in [7, 11) is -6.78. The lowest BCUT2D eigenvalue weighted by Gasteiger charge is -2.22. The molecule has 6 heterocycles. The summed E-state index contributed by atoms with van der Waals surface area (Å²) in [4.78, 5) is 19.2. The van der Waals surface area contributed by atoms with Crippen LogP contribution in [0.4, 0.5) is 22.7 Å². The third-order valence-electron chi connectivity index (χ3n) is 10.4. The minimum Gasteiger partial charge on any atom is -0.355 e. The molecular weight excluding hydrogens is 845 g/mol. The molecule has 0 atom stereocenters. The molecule has 2 fully saturated rings. The maximum absolute atomic E-state index is 13.2. The van der Waals surface area contributed by atoms with Crippen molar-refractivity contribution >= 4 is 131 Å².